The zero-order valence-electron chi connectivity index (χ0n) is 10.2. The first-order valence-corrected chi connectivity index (χ1v) is 5.44. The minimum atomic E-state index is -2.94. The number of anilines is 1. The maximum atomic E-state index is 12.1. The summed E-state index contributed by atoms with van der Waals surface area (Å²) in [7, 11) is 0. The van der Waals surface area contributed by atoms with Crippen molar-refractivity contribution in [2.45, 2.75) is 26.6 Å². The number of benzene rings is 1. The van der Waals surface area contributed by atoms with Crippen LogP contribution in [-0.2, 0) is 9.53 Å². The lowest BCUT2D eigenvalue weighted by Crippen LogP contribution is -2.21. The smallest absolute Gasteiger partial charge is 0.387 e. The largest absolute Gasteiger partial charge is 0.433 e. The van der Waals surface area contributed by atoms with Crippen molar-refractivity contribution in [2.24, 2.45) is 0 Å². The van der Waals surface area contributed by atoms with E-state index in [1.807, 2.05) is 0 Å². The van der Waals surface area contributed by atoms with Crippen LogP contribution in [0.5, 0.6) is 5.75 Å². The Bertz CT molecular complexity index is 397. The van der Waals surface area contributed by atoms with E-state index >= 15 is 0 Å². The van der Waals surface area contributed by atoms with Crippen molar-refractivity contribution in [2.75, 3.05) is 11.9 Å². The summed E-state index contributed by atoms with van der Waals surface area (Å²) in [5.41, 5.74) is 0.190. The summed E-state index contributed by atoms with van der Waals surface area (Å²) in [6, 6.07) is 5.98. The summed E-state index contributed by atoms with van der Waals surface area (Å²) in [6.45, 7) is 0.512. The number of ether oxygens (including phenoxy) is 2. The van der Waals surface area contributed by atoms with Gasteiger partial charge in [-0.3, -0.25) is 4.79 Å². The lowest BCUT2D eigenvalue weighted by Gasteiger charge is -2.12. The van der Waals surface area contributed by atoms with Gasteiger partial charge < -0.3 is 14.8 Å². The van der Waals surface area contributed by atoms with Crippen molar-refractivity contribution in [3.8, 4) is 5.75 Å². The van der Waals surface area contributed by atoms with Crippen LogP contribution in [0.2, 0.25) is 0 Å². The summed E-state index contributed by atoms with van der Waals surface area (Å²) in [4.78, 5) is 11.5. The van der Waals surface area contributed by atoms with Crippen LogP contribution >= 0.6 is 0 Å². The highest BCUT2D eigenvalue weighted by Gasteiger charge is 2.11. The van der Waals surface area contributed by atoms with Crippen LogP contribution in [0.15, 0.2) is 24.3 Å². The maximum Gasteiger partial charge on any atom is 0.387 e. The molecule has 0 aromatic heterocycles. The molecular formula is C12H15F2NO3. The van der Waals surface area contributed by atoms with Gasteiger partial charge in [-0.05, 0) is 26.0 Å². The number of para-hydroxylation sites is 2. The summed E-state index contributed by atoms with van der Waals surface area (Å²) in [5, 5.41) is 2.45. The first kappa shape index (κ1) is 14.4. The fourth-order valence-electron chi connectivity index (χ4n) is 1.20. The van der Waals surface area contributed by atoms with Crippen molar-refractivity contribution in [3.05, 3.63) is 24.3 Å². The van der Waals surface area contributed by atoms with Gasteiger partial charge in [-0.15, -0.1) is 0 Å². The van der Waals surface area contributed by atoms with Gasteiger partial charge in [-0.1, -0.05) is 12.1 Å². The summed E-state index contributed by atoms with van der Waals surface area (Å²) in [5.74, 6) is -0.501. The second-order valence-corrected chi connectivity index (χ2v) is 3.78. The number of alkyl halides is 2. The number of hydrogen-bond donors (Lipinski definition) is 1. The van der Waals surface area contributed by atoms with Gasteiger partial charge >= 0.3 is 6.61 Å². The molecule has 0 bridgehead atoms. The molecular weight excluding hydrogens is 244 g/mol. The Kier molecular flexibility index (Phi) is 5.51. The molecule has 0 saturated carbocycles. The first-order chi connectivity index (χ1) is 8.49. The Morgan fingerprint density at radius 1 is 1.33 bits per heavy atom. The Morgan fingerprint density at radius 2 is 2.00 bits per heavy atom. The Morgan fingerprint density at radius 3 is 2.61 bits per heavy atom. The van der Waals surface area contributed by atoms with Gasteiger partial charge in [0.15, 0.2) is 0 Å². The van der Waals surface area contributed by atoms with Crippen LogP contribution in [0.1, 0.15) is 13.8 Å². The predicted octanol–water partition coefficient (Wildman–Crippen LogP) is 2.65. The number of amides is 1. The molecule has 0 atom stereocenters. The Balaban J connectivity index is 2.63. The molecule has 18 heavy (non-hydrogen) atoms. The standard InChI is InChI=1S/C12H15F2NO3/c1-8(2)17-7-11(16)15-9-5-3-4-6-10(9)18-12(13)14/h3-6,8,12H,7H2,1-2H3,(H,15,16). The average Bonchev–Trinajstić information content (AvgIpc) is 2.28. The third-order valence-corrected chi connectivity index (χ3v) is 1.92. The van der Waals surface area contributed by atoms with Gasteiger partial charge in [-0.2, -0.15) is 8.78 Å². The monoisotopic (exact) mass is 259 g/mol. The molecule has 0 aliphatic rings. The first-order valence-electron chi connectivity index (χ1n) is 5.44. The van der Waals surface area contributed by atoms with Crippen LogP contribution in [0, 0.1) is 0 Å². The van der Waals surface area contributed by atoms with Crippen molar-refractivity contribution < 1.29 is 23.0 Å². The third kappa shape index (κ3) is 5.09. The molecule has 0 aliphatic carbocycles. The Hall–Kier alpha value is -1.69. The van der Waals surface area contributed by atoms with Crippen LogP contribution in [0.25, 0.3) is 0 Å². The average molecular weight is 259 g/mol. The van der Waals surface area contributed by atoms with E-state index in [0.717, 1.165) is 0 Å². The van der Waals surface area contributed by atoms with Gasteiger partial charge in [0.1, 0.15) is 12.4 Å². The van der Waals surface area contributed by atoms with Crippen LogP contribution in [0.4, 0.5) is 14.5 Å². The van der Waals surface area contributed by atoms with Gasteiger partial charge in [0, 0.05) is 0 Å². The molecule has 0 unspecified atom stereocenters. The molecule has 1 aromatic rings. The fourth-order valence-corrected chi connectivity index (χ4v) is 1.20. The molecule has 1 rings (SSSR count). The van der Waals surface area contributed by atoms with E-state index in [0.29, 0.717) is 0 Å². The van der Waals surface area contributed by atoms with Crippen molar-refractivity contribution in [3.63, 3.8) is 0 Å². The van der Waals surface area contributed by atoms with Gasteiger partial charge in [0.25, 0.3) is 0 Å². The minimum absolute atomic E-state index is 0.0783. The van der Waals surface area contributed by atoms with Gasteiger partial charge in [-0.25, -0.2) is 0 Å². The number of carbonyl (C=O) groups excluding carboxylic acids is 1. The lowest BCUT2D eigenvalue weighted by molar-refractivity contribution is -0.122. The lowest BCUT2D eigenvalue weighted by atomic mass is 10.3. The van der Waals surface area contributed by atoms with E-state index in [1.165, 1.54) is 18.2 Å². The van der Waals surface area contributed by atoms with E-state index < -0.39 is 12.5 Å². The second kappa shape index (κ2) is 6.90. The summed E-state index contributed by atoms with van der Waals surface area (Å²) >= 11 is 0. The number of hydrogen-bond acceptors (Lipinski definition) is 3. The van der Waals surface area contributed by atoms with Gasteiger partial charge in [0.2, 0.25) is 5.91 Å². The topological polar surface area (TPSA) is 47.6 Å². The summed E-state index contributed by atoms with van der Waals surface area (Å²) < 4.78 is 33.6. The highest BCUT2D eigenvalue weighted by molar-refractivity contribution is 5.93. The number of carbonyl (C=O) groups is 1. The number of nitrogens with one attached hydrogen (secondary N) is 1. The fraction of sp³-hybridized carbons (Fsp3) is 0.417. The molecule has 100 valence electrons. The molecule has 1 amide bonds. The third-order valence-electron chi connectivity index (χ3n) is 1.92. The molecule has 0 heterocycles. The van der Waals surface area contributed by atoms with E-state index in [2.05, 4.69) is 10.1 Å². The molecule has 0 radical (unpaired) electrons. The molecule has 1 aromatic carbocycles. The molecule has 0 spiro atoms. The van der Waals surface area contributed by atoms with E-state index in [4.69, 9.17) is 4.74 Å². The molecule has 0 aliphatic heterocycles. The zero-order valence-corrected chi connectivity index (χ0v) is 10.2. The maximum absolute atomic E-state index is 12.1. The Labute approximate surface area is 104 Å². The molecule has 0 fully saturated rings. The highest BCUT2D eigenvalue weighted by Crippen LogP contribution is 2.25. The summed E-state index contributed by atoms with van der Waals surface area (Å²) in [6.07, 6.45) is -0.0803. The normalized spacial score (nSPS) is 10.8. The molecule has 0 saturated heterocycles. The molecule has 6 heteroatoms. The van der Waals surface area contributed by atoms with Gasteiger partial charge in [0.05, 0.1) is 11.8 Å². The molecule has 4 nitrogen and oxygen atoms in total. The van der Waals surface area contributed by atoms with Crippen LogP contribution < -0.4 is 10.1 Å². The van der Waals surface area contributed by atoms with Crippen molar-refractivity contribution in [1.29, 1.82) is 0 Å². The second-order valence-electron chi connectivity index (χ2n) is 3.78. The predicted molar refractivity (Wildman–Crippen MR) is 62.8 cm³/mol. The quantitative estimate of drug-likeness (QED) is 0.854. The minimum Gasteiger partial charge on any atom is -0.433 e. The molecule has 1 N–H and O–H groups in total. The van der Waals surface area contributed by atoms with E-state index in [-0.39, 0.29) is 24.1 Å². The van der Waals surface area contributed by atoms with Crippen LogP contribution in [0.3, 0.4) is 0 Å². The van der Waals surface area contributed by atoms with E-state index in [9.17, 15) is 13.6 Å². The van der Waals surface area contributed by atoms with Crippen LogP contribution in [-0.4, -0.2) is 25.2 Å². The zero-order chi connectivity index (χ0) is 13.5. The number of rotatable bonds is 6. The van der Waals surface area contributed by atoms with E-state index in [1.54, 1.807) is 19.9 Å². The SMILES string of the molecule is CC(C)OCC(=O)Nc1ccccc1OC(F)F. The highest BCUT2D eigenvalue weighted by atomic mass is 19.3. The number of halogens is 2. The van der Waals surface area contributed by atoms with Crippen molar-refractivity contribution >= 4 is 11.6 Å². The van der Waals surface area contributed by atoms with Crippen molar-refractivity contribution in [1.82, 2.24) is 0 Å².